The molecule has 0 saturated carbocycles. The maximum atomic E-state index is 6.15. The highest BCUT2D eigenvalue weighted by atomic mass is 16.5. The molecule has 0 spiro atoms. The van der Waals surface area contributed by atoms with Crippen molar-refractivity contribution in [2.75, 3.05) is 20.3 Å². The molecule has 1 heterocycles. The first-order valence-corrected chi connectivity index (χ1v) is 19.6. The van der Waals surface area contributed by atoms with Crippen LogP contribution in [0.4, 0.5) is 0 Å². The monoisotopic (exact) mass is 679 g/mol. The number of nitrogens with zero attached hydrogens (tertiary/aromatic N) is 1. The van der Waals surface area contributed by atoms with Crippen LogP contribution in [0.5, 0.6) is 5.75 Å². The third-order valence-corrected chi connectivity index (χ3v) is 10.4. The molecule has 6 rings (SSSR count). The van der Waals surface area contributed by atoms with E-state index >= 15 is 0 Å². The Morgan fingerprint density at radius 2 is 0.980 bits per heavy atom. The van der Waals surface area contributed by atoms with E-state index in [1.165, 1.54) is 132 Å². The summed E-state index contributed by atoms with van der Waals surface area (Å²) in [4.78, 5) is 0. The Morgan fingerprint density at radius 1 is 0.490 bits per heavy atom. The first-order valence-electron chi connectivity index (χ1n) is 19.6. The molecule has 266 valence electrons. The quantitative estimate of drug-likeness (QED) is 0.0750. The second-order valence-electron chi connectivity index (χ2n) is 14.3. The predicted octanol–water partition coefficient (Wildman–Crippen LogP) is 13.7. The van der Waals surface area contributed by atoms with Crippen LogP contribution in [0.25, 0.3) is 49.7 Å². The summed E-state index contributed by atoms with van der Waals surface area (Å²) in [6.45, 7) is 6.09. The number of methoxy groups -OCH3 is 1. The average Bonchev–Trinajstić information content (AvgIpc) is 3.49. The van der Waals surface area contributed by atoms with E-state index in [1.54, 1.807) is 7.11 Å². The van der Waals surface area contributed by atoms with Gasteiger partial charge in [0.05, 0.1) is 17.6 Å². The summed E-state index contributed by atoms with van der Waals surface area (Å²) in [6, 6.07) is 40.6. The summed E-state index contributed by atoms with van der Waals surface area (Å²) >= 11 is 0. The van der Waals surface area contributed by atoms with E-state index in [1.807, 2.05) is 0 Å². The minimum atomic E-state index is 0.785. The molecule has 0 unspecified atom stereocenters. The van der Waals surface area contributed by atoms with Crippen molar-refractivity contribution in [1.29, 1.82) is 0 Å². The summed E-state index contributed by atoms with van der Waals surface area (Å²) in [7, 11) is 1.79. The highest BCUT2D eigenvalue weighted by molar-refractivity contribution is 6.11. The molecule has 0 aliphatic carbocycles. The number of aromatic nitrogens is 1. The van der Waals surface area contributed by atoms with E-state index in [0.29, 0.717) is 0 Å². The molecule has 0 saturated heterocycles. The van der Waals surface area contributed by atoms with Crippen molar-refractivity contribution in [3.63, 3.8) is 0 Å². The van der Waals surface area contributed by atoms with Crippen LogP contribution in [0.15, 0.2) is 109 Å². The van der Waals surface area contributed by atoms with Crippen molar-refractivity contribution in [3.05, 3.63) is 120 Å². The third kappa shape index (κ3) is 9.71. The number of rotatable bonds is 20. The molecule has 6 aromatic rings. The molecule has 0 N–H and O–H groups in total. The number of hydrogen-bond acceptors (Lipinski definition) is 2. The number of aryl methyl sites for hydroxylation is 2. The largest absolute Gasteiger partial charge is 0.494 e. The molecule has 3 nitrogen and oxygen atoms in total. The minimum Gasteiger partial charge on any atom is -0.494 e. The van der Waals surface area contributed by atoms with Gasteiger partial charge in [0.1, 0.15) is 5.75 Å². The fourth-order valence-electron chi connectivity index (χ4n) is 7.30. The van der Waals surface area contributed by atoms with Gasteiger partial charge in [-0.05, 0) is 109 Å². The zero-order chi connectivity index (χ0) is 35.3. The van der Waals surface area contributed by atoms with Crippen molar-refractivity contribution in [1.82, 2.24) is 4.57 Å². The molecule has 5 aromatic carbocycles. The van der Waals surface area contributed by atoms with Gasteiger partial charge >= 0.3 is 0 Å². The Labute approximate surface area is 306 Å². The molecule has 51 heavy (non-hydrogen) atoms. The number of ether oxygens (including phenoxy) is 2. The van der Waals surface area contributed by atoms with Crippen LogP contribution in [0.1, 0.15) is 95.1 Å². The van der Waals surface area contributed by atoms with Gasteiger partial charge in [0, 0.05) is 30.2 Å². The summed E-state index contributed by atoms with van der Waals surface area (Å²) in [5, 5.41) is 2.55. The number of hydrogen-bond donors (Lipinski definition) is 0. The van der Waals surface area contributed by atoms with Gasteiger partial charge in [-0.2, -0.15) is 0 Å². The molecule has 0 bridgehead atoms. The fourth-order valence-corrected chi connectivity index (χ4v) is 7.30. The number of benzene rings is 5. The van der Waals surface area contributed by atoms with Gasteiger partial charge in [0.15, 0.2) is 0 Å². The predicted molar refractivity (Wildman–Crippen MR) is 219 cm³/mol. The molecule has 0 fully saturated rings. The van der Waals surface area contributed by atoms with Crippen LogP contribution in [0.3, 0.4) is 0 Å². The molecule has 0 radical (unpaired) electrons. The lowest BCUT2D eigenvalue weighted by Gasteiger charge is -2.10. The van der Waals surface area contributed by atoms with Crippen molar-refractivity contribution >= 4 is 21.8 Å². The lowest BCUT2D eigenvalue weighted by atomic mass is 10.00. The Balaban J connectivity index is 1.13. The Morgan fingerprint density at radius 3 is 1.51 bits per heavy atom. The van der Waals surface area contributed by atoms with Gasteiger partial charge in [0.25, 0.3) is 0 Å². The standard InChI is InChI=1S/C48H57NO2/c1-4-5-16-38-19-27-43(28-20-38)49-47-31-25-41(39-21-17-37(2)18-22-39)35-45(47)46-36-42(26-32-48(46)49)40-23-29-44(30-24-40)51-34-15-13-11-9-7-6-8-10-12-14-33-50-3/h17-32,35-36H,4-16,33-34H2,1-3H3. The van der Waals surface area contributed by atoms with Crippen molar-refractivity contribution in [3.8, 4) is 33.7 Å². The fraction of sp³-hybridized carbons (Fsp3) is 0.375. The SMILES string of the molecule is CCCCc1ccc(-n2c3ccc(-c4ccc(C)cc4)cc3c3cc(-c4ccc(OCCCCCCCCCCCCOC)cc4)ccc32)cc1. The smallest absolute Gasteiger partial charge is 0.119 e. The van der Waals surface area contributed by atoms with Crippen LogP contribution in [0.2, 0.25) is 0 Å². The lowest BCUT2D eigenvalue weighted by molar-refractivity contribution is 0.192. The Kier molecular flexibility index (Phi) is 13.4. The van der Waals surface area contributed by atoms with E-state index in [0.717, 1.165) is 31.8 Å². The van der Waals surface area contributed by atoms with E-state index in [-0.39, 0.29) is 0 Å². The highest BCUT2D eigenvalue weighted by Gasteiger charge is 2.15. The summed E-state index contributed by atoms with van der Waals surface area (Å²) in [5.41, 5.74) is 11.3. The molecular formula is C48H57NO2. The Bertz CT molecular complexity index is 1930. The van der Waals surface area contributed by atoms with Crippen LogP contribution in [-0.2, 0) is 11.2 Å². The van der Waals surface area contributed by atoms with E-state index in [9.17, 15) is 0 Å². The lowest BCUT2D eigenvalue weighted by Crippen LogP contribution is -1.97. The molecule has 3 heteroatoms. The number of fused-ring (bicyclic) bond motifs is 3. The molecular weight excluding hydrogens is 623 g/mol. The molecule has 0 aliphatic rings. The zero-order valence-corrected chi connectivity index (χ0v) is 31.3. The van der Waals surface area contributed by atoms with Gasteiger partial charge < -0.3 is 14.0 Å². The van der Waals surface area contributed by atoms with Gasteiger partial charge in [-0.15, -0.1) is 0 Å². The number of unbranched alkanes of at least 4 members (excludes halogenated alkanes) is 10. The maximum absolute atomic E-state index is 6.15. The highest BCUT2D eigenvalue weighted by Crippen LogP contribution is 2.37. The molecule has 0 atom stereocenters. The van der Waals surface area contributed by atoms with Gasteiger partial charge in [0.2, 0.25) is 0 Å². The van der Waals surface area contributed by atoms with Crippen LogP contribution in [0, 0.1) is 6.92 Å². The zero-order valence-electron chi connectivity index (χ0n) is 31.3. The minimum absolute atomic E-state index is 0.785. The summed E-state index contributed by atoms with van der Waals surface area (Å²) in [6.07, 6.45) is 16.5. The Hall–Kier alpha value is -4.34. The van der Waals surface area contributed by atoms with Gasteiger partial charge in [-0.3, -0.25) is 0 Å². The normalized spacial score (nSPS) is 11.5. The van der Waals surface area contributed by atoms with Crippen LogP contribution < -0.4 is 4.74 Å². The first kappa shape index (κ1) is 36.5. The van der Waals surface area contributed by atoms with E-state index < -0.39 is 0 Å². The van der Waals surface area contributed by atoms with Gasteiger partial charge in [-0.25, -0.2) is 0 Å². The summed E-state index contributed by atoms with van der Waals surface area (Å²) in [5.74, 6) is 0.954. The first-order chi connectivity index (χ1) is 25.1. The third-order valence-electron chi connectivity index (χ3n) is 10.4. The van der Waals surface area contributed by atoms with E-state index in [4.69, 9.17) is 9.47 Å². The average molecular weight is 680 g/mol. The molecule has 0 aliphatic heterocycles. The van der Waals surface area contributed by atoms with Crippen LogP contribution >= 0.6 is 0 Å². The topological polar surface area (TPSA) is 23.4 Å². The second-order valence-corrected chi connectivity index (χ2v) is 14.3. The molecule has 1 aromatic heterocycles. The second kappa shape index (κ2) is 18.8. The van der Waals surface area contributed by atoms with Crippen LogP contribution in [-0.4, -0.2) is 24.9 Å². The molecule has 0 amide bonds. The van der Waals surface area contributed by atoms with Crippen molar-refractivity contribution < 1.29 is 9.47 Å². The van der Waals surface area contributed by atoms with Crippen molar-refractivity contribution in [2.45, 2.75) is 97.3 Å². The van der Waals surface area contributed by atoms with E-state index in [2.05, 4.69) is 128 Å². The summed E-state index contributed by atoms with van der Waals surface area (Å²) < 4.78 is 13.7. The van der Waals surface area contributed by atoms with Gasteiger partial charge in [-0.1, -0.05) is 131 Å². The van der Waals surface area contributed by atoms with Crippen molar-refractivity contribution in [2.24, 2.45) is 0 Å². The maximum Gasteiger partial charge on any atom is 0.119 e.